The highest BCUT2D eigenvalue weighted by Gasteiger charge is 2.20. The van der Waals surface area contributed by atoms with Crippen molar-refractivity contribution in [3.05, 3.63) is 28.8 Å². The number of carbonyl (C=O) groups is 1. The summed E-state index contributed by atoms with van der Waals surface area (Å²) in [6.07, 6.45) is 0. The molecule has 1 amide bonds. The first-order chi connectivity index (χ1) is 9.11. The van der Waals surface area contributed by atoms with Gasteiger partial charge in [-0.05, 0) is 39.8 Å². The minimum Gasteiger partial charge on any atom is -0.389 e. The van der Waals surface area contributed by atoms with Gasteiger partial charge in [-0.2, -0.15) is 0 Å². The molecule has 20 heavy (non-hydrogen) atoms. The molecule has 6 heteroatoms. The number of nitrogens with one attached hydrogen (secondary N) is 2. The SMILES string of the molecule is CC(Nc1cccc(Cl)c1C(N)=S)C(=O)NC(C)(C)C. The maximum absolute atomic E-state index is 12.1. The summed E-state index contributed by atoms with van der Waals surface area (Å²) in [5.74, 6) is -0.105. The third-order valence-electron chi connectivity index (χ3n) is 2.52. The van der Waals surface area contributed by atoms with Crippen LogP contribution in [0.4, 0.5) is 5.69 Å². The lowest BCUT2D eigenvalue weighted by molar-refractivity contribution is -0.122. The zero-order chi connectivity index (χ0) is 15.5. The fourth-order valence-electron chi connectivity index (χ4n) is 1.67. The Bertz CT molecular complexity index is 526. The van der Waals surface area contributed by atoms with Crippen LogP contribution in [0.2, 0.25) is 5.02 Å². The van der Waals surface area contributed by atoms with E-state index in [1.807, 2.05) is 20.8 Å². The van der Waals surface area contributed by atoms with Gasteiger partial charge in [0, 0.05) is 11.2 Å². The highest BCUT2D eigenvalue weighted by Crippen LogP contribution is 2.24. The molecule has 0 spiro atoms. The molecule has 0 aromatic heterocycles. The topological polar surface area (TPSA) is 67.1 Å². The number of anilines is 1. The highest BCUT2D eigenvalue weighted by atomic mass is 35.5. The maximum atomic E-state index is 12.1. The van der Waals surface area contributed by atoms with E-state index in [0.717, 1.165) is 0 Å². The molecule has 0 heterocycles. The first-order valence-corrected chi connectivity index (χ1v) is 7.07. The lowest BCUT2D eigenvalue weighted by atomic mass is 10.1. The van der Waals surface area contributed by atoms with Gasteiger partial charge >= 0.3 is 0 Å². The van der Waals surface area contributed by atoms with E-state index in [1.165, 1.54) is 0 Å². The van der Waals surface area contributed by atoms with Gasteiger partial charge in [-0.1, -0.05) is 29.9 Å². The third-order valence-corrected chi connectivity index (χ3v) is 3.04. The van der Waals surface area contributed by atoms with Crippen LogP contribution in [0.5, 0.6) is 0 Å². The standard InChI is InChI=1S/C14H20ClN3OS/c1-8(13(19)18-14(2,3)4)17-10-7-5-6-9(15)11(10)12(16)20/h5-8,17H,1-4H3,(H2,16,20)(H,18,19). The molecule has 4 N–H and O–H groups in total. The Labute approximate surface area is 130 Å². The Hall–Kier alpha value is -1.33. The van der Waals surface area contributed by atoms with E-state index in [0.29, 0.717) is 16.3 Å². The van der Waals surface area contributed by atoms with Gasteiger partial charge < -0.3 is 16.4 Å². The van der Waals surface area contributed by atoms with Crippen molar-refractivity contribution in [1.29, 1.82) is 0 Å². The van der Waals surface area contributed by atoms with Crippen molar-refractivity contribution in [2.24, 2.45) is 5.73 Å². The van der Waals surface area contributed by atoms with Crippen LogP contribution >= 0.6 is 23.8 Å². The van der Waals surface area contributed by atoms with E-state index >= 15 is 0 Å². The zero-order valence-corrected chi connectivity index (χ0v) is 13.7. The average Bonchev–Trinajstić information content (AvgIpc) is 2.25. The summed E-state index contributed by atoms with van der Waals surface area (Å²) in [4.78, 5) is 12.3. The normalized spacial score (nSPS) is 12.7. The van der Waals surface area contributed by atoms with Crippen molar-refractivity contribution in [1.82, 2.24) is 5.32 Å². The Morgan fingerprint density at radius 1 is 1.40 bits per heavy atom. The number of amides is 1. The number of carbonyl (C=O) groups excluding carboxylic acids is 1. The number of thiocarbonyl (C=S) groups is 1. The van der Waals surface area contributed by atoms with E-state index in [-0.39, 0.29) is 16.4 Å². The second-order valence-electron chi connectivity index (χ2n) is 5.63. The second kappa shape index (κ2) is 6.41. The van der Waals surface area contributed by atoms with Gasteiger partial charge in [0.2, 0.25) is 5.91 Å². The molecule has 1 atom stereocenters. The Morgan fingerprint density at radius 3 is 2.50 bits per heavy atom. The molecule has 0 bridgehead atoms. The molecule has 1 aromatic carbocycles. The van der Waals surface area contributed by atoms with Crippen molar-refractivity contribution in [3.63, 3.8) is 0 Å². The summed E-state index contributed by atoms with van der Waals surface area (Å²) >= 11 is 11.1. The number of rotatable bonds is 4. The predicted molar refractivity (Wildman–Crippen MR) is 88.3 cm³/mol. The molecule has 0 aliphatic carbocycles. The summed E-state index contributed by atoms with van der Waals surface area (Å²) < 4.78 is 0. The maximum Gasteiger partial charge on any atom is 0.242 e. The molecule has 1 aromatic rings. The van der Waals surface area contributed by atoms with Crippen molar-refractivity contribution < 1.29 is 4.79 Å². The quantitative estimate of drug-likeness (QED) is 0.748. The summed E-state index contributed by atoms with van der Waals surface area (Å²) in [6, 6.07) is 4.85. The fourth-order valence-corrected chi connectivity index (χ4v) is 2.22. The van der Waals surface area contributed by atoms with Gasteiger partial charge in [0.05, 0.1) is 10.6 Å². The molecule has 0 saturated carbocycles. The zero-order valence-electron chi connectivity index (χ0n) is 12.1. The van der Waals surface area contributed by atoms with Crippen LogP contribution in [0.25, 0.3) is 0 Å². The third kappa shape index (κ3) is 4.65. The van der Waals surface area contributed by atoms with E-state index < -0.39 is 6.04 Å². The smallest absolute Gasteiger partial charge is 0.242 e. The van der Waals surface area contributed by atoms with Crippen molar-refractivity contribution in [2.45, 2.75) is 39.3 Å². The summed E-state index contributed by atoms with van der Waals surface area (Å²) in [5, 5.41) is 6.46. The van der Waals surface area contributed by atoms with Crippen LogP contribution in [0.1, 0.15) is 33.3 Å². The minimum absolute atomic E-state index is 0.105. The number of halogens is 1. The van der Waals surface area contributed by atoms with E-state index in [4.69, 9.17) is 29.6 Å². The molecule has 1 unspecified atom stereocenters. The number of benzene rings is 1. The lowest BCUT2D eigenvalue weighted by Gasteiger charge is -2.24. The highest BCUT2D eigenvalue weighted by molar-refractivity contribution is 7.80. The predicted octanol–water partition coefficient (Wildman–Crippen LogP) is 2.69. The van der Waals surface area contributed by atoms with Crippen LogP contribution in [0.3, 0.4) is 0 Å². The first kappa shape index (κ1) is 16.7. The Morgan fingerprint density at radius 2 is 2.00 bits per heavy atom. The molecule has 4 nitrogen and oxygen atoms in total. The van der Waals surface area contributed by atoms with Gasteiger partial charge in [-0.25, -0.2) is 0 Å². The molecule has 0 fully saturated rings. The molecular weight excluding hydrogens is 294 g/mol. The molecule has 1 rings (SSSR count). The van der Waals surface area contributed by atoms with Crippen molar-refractivity contribution in [3.8, 4) is 0 Å². The Kier molecular flexibility index (Phi) is 5.36. The van der Waals surface area contributed by atoms with Crippen LogP contribution in [-0.4, -0.2) is 22.5 Å². The van der Waals surface area contributed by atoms with Crippen LogP contribution in [0, 0.1) is 0 Å². The van der Waals surface area contributed by atoms with Gasteiger partial charge in [0.25, 0.3) is 0 Å². The molecule has 0 aliphatic heterocycles. The van der Waals surface area contributed by atoms with E-state index in [1.54, 1.807) is 25.1 Å². The molecular formula is C14H20ClN3OS. The first-order valence-electron chi connectivity index (χ1n) is 6.28. The van der Waals surface area contributed by atoms with Crippen molar-refractivity contribution in [2.75, 3.05) is 5.32 Å². The van der Waals surface area contributed by atoms with E-state index in [2.05, 4.69) is 10.6 Å². The number of nitrogens with two attached hydrogens (primary N) is 1. The van der Waals surface area contributed by atoms with Crippen LogP contribution < -0.4 is 16.4 Å². The fraction of sp³-hybridized carbons (Fsp3) is 0.429. The summed E-state index contributed by atoms with van der Waals surface area (Å²) in [6.45, 7) is 7.55. The van der Waals surface area contributed by atoms with Gasteiger partial charge in [0.1, 0.15) is 11.0 Å². The molecule has 110 valence electrons. The molecule has 0 saturated heterocycles. The van der Waals surface area contributed by atoms with Gasteiger partial charge in [-0.3, -0.25) is 4.79 Å². The van der Waals surface area contributed by atoms with E-state index in [9.17, 15) is 4.79 Å². The summed E-state index contributed by atoms with van der Waals surface area (Å²) in [7, 11) is 0. The molecule has 0 aliphatic rings. The minimum atomic E-state index is -0.430. The molecule has 0 radical (unpaired) electrons. The van der Waals surface area contributed by atoms with Gasteiger partial charge in [-0.15, -0.1) is 0 Å². The van der Waals surface area contributed by atoms with Crippen molar-refractivity contribution >= 4 is 40.4 Å². The largest absolute Gasteiger partial charge is 0.389 e. The second-order valence-corrected chi connectivity index (χ2v) is 6.48. The average molecular weight is 314 g/mol. The lowest BCUT2D eigenvalue weighted by Crippen LogP contribution is -2.47. The summed E-state index contributed by atoms with van der Waals surface area (Å²) in [5.41, 5.74) is 6.60. The van der Waals surface area contributed by atoms with Crippen LogP contribution in [-0.2, 0) is 4.79 Å². The monoisotopic (exact) mass is 313 g/mol. The van der Waals surface area contributed by atoms with Gasteiger partial charge in [0.15, 0.2) is 0 Å². The van der Waals surface area contributed by atoms with Crippen LogP contribution in [0.15, 0.2) is 18.2 Å². The number of hydrogen-bond donors (Lipinski definition) is 3. The Balaban J connectivity index is 2.91. The number of hydrogen-bond acceptors (Lipinski definition) is 3.